The lowest BCUT2D eigenvalue weighted by Gasteiger charge is -2.40. The third-order valence-corrected chi connectivity index (χ3v) is 7.22. The summed E-state index contributed by atoms with van der Waals surface area (Å²) in [5.41, 5.74) is 0.928. The summed E-state index contributed by atoms with van der Waals surface area (Å²) in [7, 11) is 1.70. The molecule has 0 radical (unpaired) electrons. The molecule has 0 bridgehead atoms. The zero-order valence-corrected chi connectivity index (χ0v) is 24.2. The summed E-state index contributed by atoms with van der Waals surface area (Å²) in [5, 5.41) is 12.3. The highest BCUT2D eigenvalue weighted by Crippen LogP contribution is 2.24. The number of aromatic nitrogens is 3. The second-order valence-corrected chi connectivity index (χ2v) is 10.6. The first-order valence-corrected chi connectivity index (χ1v) is 13.8. The first-order valence-electron chi connectivity index (χ1n) is 13.8. The van der Waals surface area contributed by atoms with Crippen LogP contribution in [0.2, 0.25) is 0 Å². The Morgan fingerprint density at radius 2 is 1.87 bits per heavy atom. The third kappa shape index (κ3) is 8.00. The number of nitrogens with one attached hydrogen (secondary N) is 1. The lowest BCUT2D eigenvalue weighted by molar-refractivity contribution is -0.140. The maximum Gasteiger partial charge on any atom is 0.292 e. The Kier molecular flexibility index (Phi) is 12.2. The number of unbranched alkanes of at least 4 members (excludes halogenated alkanes) is 1. The number of amides is 2. The average molecular weight is 563 g/mol. The van der Waals surface area contributed by atoms with Crippen LogP contribution in [-0.2, 0) is 20.8 Å². The maximum atomic E-state index is 14.2. The van der Waals surface area contributed by atoms with Crippen molar-refractivity contribution in [1.82, 2.24) is 29.9 Å². The predicted molar refractivity (Wildman–Crippen MR) is 152 cm³/mol. The van der Waals surface area contributed by atoms with Gasteiger partial charge in [-0.15, -0.1) is 22.6 Å². The SMILES string of the molecule is COCCCCn1c(C(=O)N(CC(C)C)[C@@H]2CNC[C@H](C(=O)N3CCOCC3)C2)nnc1-c1ccccc1.Cl. The molecule has 0 saturated carbocycles. The van der Waals surface area contributed by atoms with Gasteiger partial charge in [0.15, 0.2) is 5.82 Å². The van der Waals surface area contributed by atoms with Gasteiger partial charge in [-0.1, -0.05) is 44.2 Å². The molecular weight excluding hydrogens is 520 g/mol. The average Bonchev–Trinajstić information content (AvgIpc) is 3.38. The third-order valence-electron chi connectivity index (χ3n) is 7.22. The Labute approximate surface area is 237 Å². The number of piperidine rings is 1. The van der Waals surface area contributed by atoms with Crippen LogP contribution in [-0.4, -0.2) is 102 Å². The number of carbonyl (C=O) groups is 2. The summed E-state index contributed by atoms with van der Waals surface area (Å²) >= 11 is 0. The molecule has 0 aliphatic carbocycles. The number of hydrogen-bond acceptors (Lipinski definition) is 7. The molecule has 2 fully saturated rings. The van der Waals surface area contributed by atoms with E-state index in [4.69, 9.17) is 9.47 Å². The molecule has 2 aromatic rings. The molecule has 1 N–H and O–H groups in total. The molecule has 39 heavy (non-hydrogen) atoms. The number of ether oxygens (including phenoxy) is 2. The molecule has 2 saturated heterocycles. The fourth-order valence-corrected chi connectivity index (χ4v) is 5.30. The van der Waals surface area contributed by atoms with Crippen molar-refractivity contribution in [3.05, 3.63) is 36.2 Å². The van der Waals surface area contributed by atoms with E-state index in [1.54, 1.807) is 7.11 Å². The van der Waals surface area contributed by atoms with E-state index in [1.165, 1.54) is 0 Å². The van der Waals surface area contributed by atoms with Crippen LogP contribution < -0.4 is 5.32 Å². The minimum absolute atomic E-state index is 0. The molecule has 10 nitrogen and oxygen atoms in total. The predicted octanol–water partition coefficient (Wildman–Crippen LogP) is 2.73. The number of nitrogens with zero attached hydrogens (tertiary/aromatic N) is 5. The van der Waals surface area contributed by atoms with Gasteiger partial charge in [0, 0.05) is 64.6 Å². The lowest BCUT2D eigenvalue weighted by atomic mass is 9.92. The van der Waals surface area contributed by atoms with Crippen LogP contribution >= 0.6 is 12.4 Å². The zero-order valence-electron chi connectivity index (χ0n) is 23.4. The van der Waals surface area contributed by atoms with Crippen molar-refractivity contribution in [2.45, 2.75) is 45.7 Å². The maximum absolute atomic E-state index is 14.2. The summed E-state index contributed by atoms with van der Waals surface area (Å²) in [6.07, 6.45) is 2.36. The number of morpholine rings is 1. The van der Waals surface area contributed by atoms with Gasteiger partial charge in [-0.3, -0.25) is 9.59 Å². The number of hydrogen-bond donors (Lipinski definition) is 1. The standard InChI is InChI=1S/C28H42N6O4.ClH/c1-21(2)20-34(24-17-23(18-29-19-24)27(35)32-12-15-38-16-13-32)28(36)26-31-30-25(22-9-5-4-6-10-22)33(26)11-7-8-14-37-3;/h4-6,9-10,21,23-24,29H,7-8,11-20H2,1-3H3;1H/t23-,24+;/m1./s1. The fraction of sp³-hybridized carbons (Fsp3) is 0.643. The summed E-state index contributed by atoms with van der Waals surface area (Å²) < 4.78 is 12.6. The van der Waals surface area contributed by atoms with Gasteiger partial charge in [0.1, 0.15) is 0 Å². The lowest BCUT2D eigenvalue weighted by Crippen LogP contribution is -2.56. The van der Waals surface area contributed by atoms with Crippen LogP contribution in [0.3, 0.4) is 0 Å². The highest BCUT2D eigenvalue weighted by atomic mass is 35.5. The van der Waals surface area contributed by atoms with E-state index in [1.807, 2.05) is 44.7 Å². The normalized spacial score (nSPS) is 19.5. The van der Waals surface area contributed by atoms with Crippen LogP contribution in [0.5, 0.6) is 0 Å². The zero-order chi connectivity index (χ0) is 26.9. The summed E-state index contributed by atoms with van der Waals surface area (Å²) in [6, 6.07) is 9.76. The van der Waals surface area contributed by atoms with E-state index in [0.717, 1.165) is 18.4 Å². The van der Waals surface area contributed by atoms with Gasteiger partial charge in [0.2, 0.25) is 11.7 Å². The van der Waals surface area contributed by atoms with Crippen LogP contribution in [0.25, 0.3) is 11.4 Å². The fourth-order valence-electron chi connectivity index (χ4n) is 5.30. The minimum Gasteiger partial charge on any atom is -0.385 e. The van der Waals surface area contributed by atoms with Crippen molar-refractivity contribution in [3.8, 4) is 11.4 Å². The van der Waals surface area contributed by atoms with Crippen molar-refractivity contribution in [2.75, 3.05) is 59.7 Å². The highest BCUT2D eigenvalue weighted by Gasteiger charge is 2.37. The monoisotopic (exact) mass is 562 g/mol. The van der Waals surface area contributed by atoms with Gasteiger partial charge in [-0.2, -0.15) is 0 Å². The van der Waals surface area contributed by atoms with Gasteiger partial charge >= 0.3 is 0 Å². The van der Waals surface area contributed by atoms with Crippen molar-refractivity contribution < 1.29 is 19.1 Å². The minimum atomic E-state index is -0.166. The van der Waals surface area contributed by atoms with Crippen LogP contribution in [0, 0.1) is 11.8 Å². The van der Waals surface area contributed by atoms with Crippen molar-refractivity contribution in [1.29, 1.82) is 0 Å². The van der Waals surface area contributed by atoms with Crippen molar-refractivity contribution in [2.24, 2.45) is 11.8 Å². The summed E-state index contributed by atoms with van der Waals surface area (Å²) in [4.78, 5) is 31.2. The first-order chi connectivity index (χ1) is 18.5. The van der Waals surface area contributed by atoms with E-state index in [9.17, 15) is 9.59 Å². The van der Waals surface area contributed by atoms with Gasteiger partial charge < -0.3 is 29.2 Å². The van der Waals surface area contributed by atoms with E-state index < -0.39 is 0 Å². The molecule has 11 heteroatoms. The number of halogens is 1. The molecule has 216 valence electrons. The van der Waals surface area contributed by atoms with E-state index in [-0.39, 0.29) is 42.1 Å². The number of rotatable bonds is 11. The number of methoxy groups -OCH3 is 1. The first kappa shape index (κ1) is 31.0. The topological polar surface area (TPSA) is 102 Å². The molecule has 2 atom stereocenters. The van der Waals surface area contributed by atoms with Crippen LogP contribution in [0.15, 0.2) is 30.3 Å². The molecule has 1 aromatic carbocycles. The summed E-state index contributed by atoms with van der Waals surface area (Å²) in [6.45, 7) is 9.79. The van der Waals surface area contributed by atoms with Gasteiger partial charge in [-0.25, -0.2) is 0 Å². The molecule has 3 heterocycles. The van der Waals surface area contributed by atoms with Crippen LogP contribution in [0.1, 0.15) is 43.7 Å². The van der Waals surface area contributed by atoms with Gasteiger partial charge in [0.25, 0.3) is 5.91 Å². The van der Waals surface area contributed by atoms with Crippen molar-refractivity contribution in [3.63, 3.8) is 0 Å². The van der Waals surface area contributed by atoms with Gasteiger partial charge in [-0.05, 0) is 25.2 Å². The van der Waals surface area contributed by atoms with Gasteiger partial charge in [0.05, 0.1) is 19.1 Å². The molecule has 2 aliphatic rings. The second kappa shape index (κ2) is 15.3. The van der Waals surface area contributed by atoms with E-state index in [0.29, 0.717) is 77.2 Å². The molecule has 4 rings (SSSR count). The molecule has 1 aromatic heterocycles. The second-order valence-electron chi connectivity index (χ2n) is 10.6. The van der Waals surface area contributed by atoms with Crippen LogP contribution in [0.4, 0.5) is 0 Å². The Morgan fingerprint density at radius 3 is 2.56 bits per heavy atom. The number of carbonyl (C=O) groups excluding carboxylic acids is 2. The highest BCUT2D eigenvalue weighted by molar-refractivity contribution is 5.92. The molecule has 2 aliphatic heterocycles. The molecule has 0 spiro atoms. The Bertz CT molecular complexity index is 1040. The molecule has 0 unspecified atom stereocenters. The smallest absolute Gasteiger partial charge is 0.292 e. The summed E-state index contributed by atoms with van der Waals surface area (Å²) in [5.74, 6) is 1.16. The number of benzene rings is 1. The Morgan fingerprint density at radius 1 is 1.13 bits per heavy atom. The Balaban J connectivity index is 0.00000420. The van der Waals surface area contributed by atoms with E-state index in [2.05, 4.69) is 29.4 Å². The Hall–Kier alpha value is -2.53. The van der Waals surface area contributed by atoms with Crippen molar-refractivity contribution >= 4 is 24.2 Å². The molecule has 2 amide bonds. The quantitative estimate of drug-likeness (QED) is 0.420. The molecular formula is C28H43ClN6O4. The van der Waals surface area contributed by atoms with E-state index >= 15 is 0 Å². The largest absolute Gasteiger partial charge is 0.385 e.